The summed E-state index contributed by atoms with van der Waals surface area (Å²) in [6.45, 7) is 0. The maximum Gasteiger partial charge on any atom is 2.00 e. The molecule has 0 N–H and O–H groups in total. The molecular weight excluding hydrogens is 834 g/mol. The third-order valence-electron chi connectivity index (χ3n) is 7.84. The number of hydrogen-bond acceptors (Lipinski definition) is 8. The van der Waals surface area contributed by atoms with Gasteiger partial charge in [-0.2, -0.15) is 0 Å². The van der Waals surface area contributed by atoms with Gasteiger partial charge >= 0.3 is 21.1 Å². The van der Waals surface area contributed by atoms with E-state index in [9.17, 15) is 0 Å². The summed E-state index contributed by atoms with van der Waals surface area (Å²) in [5.41, 5.74) is 10.6. The third-order valence-corrected chi connectivity index (χ3v) is 7.84. The van der Waals surface area contributed by atoms with Gasteiger partial charge < -0.3 is 39.7 Å². The second-order valence-corrected chi connectivity index (χ2v) is 10.4. The van der Waals surface area contributed by atoms with Crippen LogP contribution in [0.4, 0.5) is 0 Å². The first kappa shape index (κ1) is 36.8. The van der Waals surface area contributed by atoms with Crippen LogP contribution in [0.5, 0.6) is 0 Å². The van der Waals surface area contributed by atoms with Crippen molar-refractivity contribution in [2.24, 2.45) is 0 Å². The number of fused-ring (bicyclic) bond motifs is 14. The van der Waals surface area contributed by atoms with Crippen molar-refractivity contribution in [2.75, 3.05) is 0 Å². The topological polar surface area (TPSA) is 103 Å². The zero-order chi connectivity index (χ0) is 29.0. The Kier molecular flexibility index (Phi) is 11.3. The van der Waals surface area contributed by atoms with Crippen molar-refractivity contribution >= 4 is 87.7 Å². The van der Waals surface area contributed by atoms with Crippen LogP contribution in [0.1, 0.15) is 0 Å². The van der Waals surface area contributed by atoms with Crippen LogP contribution in [0, 0.1) is 14.9 Å². The molecule has 0 aliphatic carbocycles. The number of aromatic nitrogens is 8. The molecule has 0 radical (unpaired) electrons. The van der Waals surface area contributed by atoms with Crippen LogP contribution in [0.3, 0.4) is 0 Å². The minimum Gasteiger partial charge on any atom is -1.00 e. The van der Waals surface area contributed by atoms with E-state index in [1.54, 1.807) is 24.8 Å². The molecule has 49 heavy (non-hydrogen) atoms. The molecule has 6 heterocycles. The fourth-order valence-corrected chi connectivity index (χ4v) is 5.89. The van der Waals surface area contributed by atoms with Crippen molar-refractivity contribution in [3.63, 3.8) is 0 Å². The van der Waals surface area contributed by atoms with Crippen LogP contribution in [0.2, 0.25) is 0 Å². The number of para-hydroxylation sites is 4. The van der Waals surface area contributed by atoms with Gasteiger partial charge in [-0.15, -0.1) is 0 Å². The summed E-state index contributed by atoms with van der Waals surface area (Å²) >= 11 is 0. The molecule has 0 atom stereocenters. The quantitative estimate of drug-likeness (QED) is 0.131. The molecule has 0 aliphatic rings. The number of nitrogens with zero attached hydrogens (tertiary/aromatic N) is 8. The molecule has 0 spiro atoms. The van der Waals surface area contributed by atoms with Crippen LogP contribution in [-0.4, -0.2) is 39.9 Å². The molecule has 11 heteroatoms. The second-order valence-electron chi connectivity index (χ2n) is 10.4. The van der Waals surface area contributed by atoms with E-state index < -0.39 is 0 Å². The Morgan fingerprint density at radius 2 is 0.510 bits per heavy atom. The fourth-order valence-electron chi connectivity index (χ4n) is 5.89. The van der Waals surface area contributed by atoms with E-state index in [-0.39, 0.29) is 60.7 Å². The molecule has 8 nitrogen and oxygen atoms in total. The number of halogens is 2. The molecule has 4 aromatic carbocycles. The van der Waals surface area contributed by atoms with Gasteiger partial charge in [0.2, 0.25) is 0 Å². The predicted octanol–water partition coefficient (Wildman–Crippen LogP) is 2.66. The number of benzene rings is 4. The first-order chi connectivity index (χ1) is 21.8. The minimum absolute atomic E-state index is 0. The molecular formula is C38H26Cl2N8Pt-2. The summed E-state index contributed by atoms with van der Waals surface area (Å²) in [5.74, 6) is 0. The van der Waals surface area contributed by atoms with Crippen LogP contribution in [0.25, 0.3) is 87.7 Å². The first-order valence-electron chi connectivity index (χ1n) is 14.2. The minimum atomic E-state index is 0. The molecule has 0 saturated heterocycles. The summed E-state index contributed by atoms with van der Waals surface area (Å²) in [6, 6.07) is 31.7. The summed E-state index contributed by atoms with van der Waals surface area (Å²) in [5, 5.41) is 3.95. The van der Waals surface area contributed by atoms with Gasteiger partial charge in [0, 0.05) is 46.3 Å². The fraction of sp³-hybridized carbons (Fsp3) is 0. The molecule has 0 unspecified atom stereocenters. The SMILES string of the molecule is [CH3-].[CH3-].[Cl-].[Cl-].[Pt+2].c1ccc2nc3c4cccnc4c4ncccc4c3nc2c1.c1ccc2nc3c4cccnc4c4ncccc4c3nc2c1. The van der Waals surface area contributed by atoms with Gasteiger partial charge in [-0.05, 0) is 72.8 Å². The maximum absolute atomic E-state index is 4.83. The van der Waals surface area contributed by atoms with Gasteiger partial charge in [-0.1, -0.05) is 24.3 Å². The Bertz CT molecular complexity index is 2380. The summed E-state index contributed by atoms with van der Waals surface area (Å²) < 4.78 is 0. The van der Waals surface area contributed by atoms with Crippen molar-refractivity contribution in [3.05, 3.63) is 137 Å². The molecule has 0 bridgehead atoms. The molecule has 10 aromatic rings. The summed E-state index contributed by atoms with van der Waals surface area (Å²) in [6.07, 6.45) is 7.15. The van der Waals surface area contributed by atoms with Gasteiger partial charge in [0.05, 0.1) is 66.2 Å². The molecule has 6 aromatic heterocycles. The zero-order valence-corrected chi connectivity index (χ0v) is 30.0. The van der Waals surface area contributed by atoms with Crippen molar-refractivity contribution in [2.45, 2.75) is 0 Å². The zero-order valence-electron chi connectivity index (χ0n) is 26.2. The van der Waals surface area contributed by atoms with Gasteiger partial charge in [-0.25, -0.2) is 19.9 Å². The van der Waals surface area contributed by atoms with E-state index >= 15 is 0 Å². The average Bonchev–Trinajstić information content (AvgIpc) is 3.11. The van der Waals surface area contributed by atoms with E-state index in [2.05, 4.69) is 19.9 Å². The van der Waals surface area contributed by atoms with Gasteiger partial charge in [0.1, 0.15) is 0 Å². The Labute approximate surface area is 308 Å². The summed E-state index contributed by atoms with van der Waals surface area (Å²) in [4.78, 5) is 37.3. The van der Waals surface area contributed by atoms with E-state index in [0.717, 1.165) is 87.7 Å². The van der Waals surface area contributed by atoms with Gasteiger partial charge in [-0.3, -0.25) is 19.9 Å². The monoisotopic (exact) mass is 859 g/mol. The van der Waals surface area contributed by atoms with Crippen molar-refractivity contribution in [1.29, 1.82) is 0 Å². The number of hydrogen-bond donors (Lipinski definition) is 0. The molecule has 0 amide bonds. The van der Waals surface area contributed by atoms with Gasteiger partial charge in [0.15, 0.2) is 0 Å². The van der Waals surface area contributed by atoms with Crippen LogP contribution in [0.15, 0.2) is 122 Å². The smallest absolute Gasteiger partial charge is 1.00 e. The average molecular weight is 861 g/mol. The maximum atomic E-state index is 4.83. The largest absolute Gasteiger partial charge is 2.00 e. The molecule has 244 valence electrons. The van der Waals surface area contributed by atoms with Crippen LogP contribution >= 0.6 is 0 Å². The van der Waals surface area contributed by atoms with Crippen LogP contribution < -0.4 is 24.8 Å². The van der Waals surface area contributed by atoms with E-state index in [1.165, 1.54) is 0 Å². The summed E-state index contributed by atoms with van der Waals surface area (Å²) in [7, 11) is 0. The normalized spacial score (nSPS) is 10.4. The molecule has 10 rings (SSSR count). The van der Waals surface area contributed by atoms with E-state index in [0.29, 0.717) is 0 Å². The standard InChI is InChI=1S/2C18H10N4.2CH3.2ClH.Pt/c2*1-2-8-14-13(7-1)21-17-11-5-3-9-19-15(11)16-12(18(17)22-14)6-4-10-20-16;;;;;/h2*1-10H;2*1H3;2*1H;/q;;2*-1;;;+2/p-2. The van der Waals surface area contributed by atoms with Crippen LogP contribution in [-0.2, 0) is 21.1 Å². The Morgan fingerprint density at radius 1 is 0.286 bits per heavy atom. The number of pyridine rings is 4. The Hall–Kier alpha value is -5.01. The van der Waals surface area contributed by atoms with Gasteiger partial charge in [0.25, 0.3) is 0 Å². The molecule has 0 saturated carbocycles. The van der Waals surface area contributed by atoms with E-state index in [1.807, 2.05) is 97.1 Å². The Balaban J connectivity index is 0.000000200. The first-order valence-corrected chi connectivity index (χ1v) is 14.2. The van der Waals surface area contributed by atoms with Crippen molar-refractivity contribution in [1.82, 2.24) is 39.9 Å². The Morgan fingerprint density at radius 3 is 0.735 bits per heavy atom. The third kappa shape index (κ3) is 6.08. The molecule has 0 aliphatic heterocycles. The van der Waals surface area contributed by atoms with Crippen molar-refractivity contribution in [3.8, 4) is 0 Å². The van der Waals surface area contributed by atoms with E-state index in [4.69, 9.17) is 19.9 Å². The second kappa shape index (κ2) is 15.0. The van der Waals surface area contributed by atoms with Crippen molar-refractivity contribution < 1.29 is 45.9 Å². The number of rotatable bonds is 0. The predicted molar refractivity (Wildman–Crippen MR) is 188 cm³/mol. The molecule has 0 fully saturated rings.